The Morgan fingerprint density at radius 1 is 1.17 bits per heavy atom. The Bertz CT molecular complexity index is 583. The van der Waals surface area contributed by atoms with Crippen LogP contribution >= 0.6 is 0 Å². The fourth-order valence-corrected chi connectivity index (χ4v) is 2.87. The fourth-order valence-electron chi connectivity index (χ4n) is 2.87. The summed E-state index contributed by atoms with van der Waals surface area (Å²) in [5.74, 6) is -0.898. The van der Waals surface area contributed by atoms with E-state index in [0.717, 1.165) is 24.7 Å². The van der Waals surface area contributed by atoms with Crippen molar-refractivity contribution >= 4 is 11.0 Å². The van der Waals surface area contributed by atoms with Crippen LogP contribution in [-0.2, 0) is 5.41 Å². The minimum atomic E-state index is -0.852. The third-order valence-corrected chi connectivity index (χ3v) is 4.07. The summed E-state index contributed by atoms with van der Waals surface area (Å²) < 4.78 is 26.8. The molecule has 1 aromatic carbocycles. The van der Waals surface area contributed by atoms with Gasteiger partial charge >= 0.3 is 0 Å². The molecule has 0 saturated heterocycles. The van der Waals surface area contributed by atoms with Crippen LogP contribution in [0.3, 0.4) is 0 Å². The zero-order valence-corrected chi connectivity index (χ0v) is 10.4. The van der Waals surface area contributed by atoms with Gasteiger partial charge in [0.1, 0.15) is 11.3 Å². The summed E-state index contributed by atoms with van der Waals surface area (Å²) in [7, 11) is 0. The third-order valence-electron chi connectivity index (χ3n) is 4.07. The Hall–Kier alpha value is -1.45. The Kier molecular flexibility index (Phi) is 2.61. The predicted molar refractivity (Wildman–Crippen MR) is 66.4 cm³/mol. The van der Waals surface area contributed by atoms with Gasteiger partial charge in [-0.05, 0) is 25.0 Å². The molecule has 1 fully saturated rings. The van der Waals surface area contributed by atoms with Gasteiger partial charge in [0.2, 0.25) is 0 Å². The molecule has 1 heterocycles. The molecule has 2 nitrogen and oxygen atoms in total. The molecular weight excluding hydrogens is 234 g/mol. The smallest absolute Gasteiger partial charge is 0.186 e. The number of benzene rings is 1. The van der Waals surface area contributed by atoms with Gasteiger partial charge in [0.05, 0.1) is 5.52 Å². The van der Waals surface area contributed by atoms with Crippen LogP contribution in [0.15, 0.2) is 12.1 Å². The van der Waals surface area contributed by atoms with Crippen molar-refractivity contribution in [2.45, 2.75) is 44.4 Å². The van der Waals surface area contributed by atoms with Crippen LogP contribution in [0.5, 0.6) is 0 Å². The second-order valence-corrected chi connectivity index (χ2v) is 5.46. The SMILES string of the molecule is CC1(c2nc3c(F)c(F)ccc3[nH]2)CCCCC1. The van der Waals surface area contributed by atoms with Crippen molar-refractivity contribution in [2.24, 2.45) is 0 Å². The van der Waals surface area contributed by atoms with E-state index in [0.29, 0.717) is 5.52 Å². The first kappa shape index (κ1) is 11.6. The number of fused-ring (bicyclic) bond motifs is 1. The molecule has 0 spiro atoms. The molecule has 0 aliphatic heterocycles. The minimum absolute atomic E-state index is 0.0276. The van der Waals surface area contributed by atoms with Crippen molar-refractivity contribution in [3.63, 3.8) is 0 Å². The standard InChI is InChI=1S/C14H16F2N2/c1-14(7-3-2-4-8-14)13-17-10-6-5-9(15)11(16)12(10)18-13/h5-6H,2-4,7-8H2,1H3,(H,17,18). The molecule has 2 aromatic rings. The number of hydrogen-bond acceptors (Lipinski definition) is 1. The summed E-state index contributed by atoms with van der Waals surface area (Å²) in [6.07, 6.45) is 5.70. The van der Waals surface area contributed by atoms with Crippen LogP contribution in [0.2, 0.25) is 0 Å². The molecule has 0 amide bonds. The molecule has 3 rings (SSSR count). The van der Waals surface area contributed by atoms with Crippen molar-refractivity contribution < 1.29 is 8.78 Å². The van der Waals surface area contributed by atoms with Gasteiger partial charge in [0, 0.05) is 5.41 Å². The quantitative estimate of drug-likeness (QED) is 0.812. The monoisotopic (exact) mass is 250 g/mol. The highest BCUT2D eigenvalue weighted by Gasteiger charge is 2.32. The molecule has 1 aliphatic carbocycles. The number of aromatic amines is 1. The zero-order valence-electron chi connectivity index (χ0n) is 10.4. The Morgan fingerprint density at radius 3 is 2.61 bits per heavy atom. The highest BCUT2D eigenvalue weighted by molar-refractivity contribution is 5.76. The van der Waals surface area contributed by atoms with Gasteiger partial charge < -0.3 is 4.98 Å². The van der Waals surface area contributed by atoms with Gasteiger partial charge in [-0.2, -0.15) is 0 Å². The molecule has 1 N–H and O–H groups in total. The highest BCUT2D eigenvalue weighted by atomic mass is 19.2. The largest absolute Gasteiger partial charge is 0.341 e. The first-order chi connectivity index (χ1) is 8.60. The summed E-state index contributed by atoms with van der Waals surface area (Å²) in [6.45, 7) is 2.15. The van der Waals surface area contributed by atoms with Crippen molar-refractivity contribution in [2.75, 3.05) is 0 Å². The fraction of sp³-hybridized carbons (Fsp3) is 0.500. The van der Waals surface area contributed by atoms with E-state index in [1.165, 1.54) is 19.3 Å². The van der Waals surface area contributed by atoms with E-state index in [2.05, 4.69) is 16.9 Å². The van der Waals surface area contributed by atoms with Gasteiger partial charge in [-0.15, -0.1) is 0 Å². The van der Waals surface area contributed by atoms with Crippen molar-refractivity contribution in [1.82, 2.24) is 9.97 Å². The van der Waals surface area contributed by atoms with E-state index in [-0.39, 0.29) is 10.9 Å². The second kappa shape index (κ2) is 4.04. The van der Waals surface area contributed by atoms with E-state index < -0.39 is 11.6 Å². The van der Waals surface area contributed by atoms with Crippen LogP contribution in [0.4, 0.5) is 8.78 Å². The average Bonchev–Trinajstić information content (AvgIpc) is 2.80. The van der Waals surface area contributed by atoms with Gasteiger partial charge in [-0.1, -0.05) is 26.2 Å². The normalized spacial score (nSPS) is 19.3. The number of rotatable bonds is 1. The summed E-state index contributed by atoms with van der Waals surface area (Å²) in [6, 6.07) is 2.69. The number of nitrogens with zero attached hydrogens (tertiary/aromatic N) is 1. The topological polar surface area (TPSA) is 28.7 Å². The number of H-pyrrole nitrogens is 1. The maximum Gasteiger partial charge on any atom is 0.186 e. The third kappa shape index (κ3) is 1.71. The van der Waals surface area contributed by atoms with Gasteiger partial charge in [-0.3, -0.25) is 0 Å². The Balaban J connectivity index is 2.10. The van der Waals surface area contributed by atoms with E-state index in [9.17, 15) is 8.78 Å². The number of nitrogens with one attached hydrogen (secondary N) is 1. The number of imidazole rings is 1. The van der Waals surface area contributed by atoms with E-state index in [1.807, 2.05) is 0 Å². The van der Waals surface area contributed by atoms with E-state index in [1.54, 1.807) is 6.07 Å². The molecule has 1 aliphatic rings. The van der Waals surface area contributed by atoms with Crippen LogP contribution in [0, 0.1) is 11.6 Å². The van der Waals surface area contributed by atoms with Gasteiger partial charge in [-0.25, -0.2) is 13.8 Å². The average molecular weight is 250 g/mol. The summed E-state index contributed by atoms with van der Waals surface area (Å²) in [5.41, 5.74) is 0.674. The van der Waals surface area contributed by atoms with Crippen molar-refractivity contribution in [3.8, 4) is 0 Å². The van der Waals surface area contributed by atoms with Crippen LogP contribution < -0.4 is 0 Å². The maximum absolute atomic E-state index is 13.6. The Morgan fingerprint density at radius 2 is 1.89 bits per heavy atom. The second-order valence-electron chi connectivity index (χ2n) is 5.46. The lowest BCUT2D eigenvalue weighted by Crippen LogP contribution is -2.26. The number of aromatic nitrogens is 2. The summed E-state index contributed by atoms with van der Waals surface area (Å²) in [5, 5.41) is 0. The summed E-state index contributed by atoms with van der Waals surface area (Å²) >= 11 is 0. The molecule has 0 radical (unpaired) electrons. The predicted octanol–water partition coefficient (Wildman–Crippen LogP) is 4.06. The summed E-state index contributed by atoms with van der Waals surface area (Å²) in [4.78, 5) is 7.45. The Labute approximate surface area is 104 Å². The molecule has 18 heavy (non-hydrogen) atoms. The molecule has 0 unspecified atom stereocenters. The maximum atomic E-state index is 13.6. The lowest BCUT2D eigenvalue weighted by Gasteiger charge is -2.31. The molecule has 0 atom stereocenters. The molecular formula is C14H16F2N2. The van der Waals surface area contributed by atoms with Gasteiger partial charge in [0.25, 0.3) is 0 Å². The van der Waals surface area contributed by atoms with Crippen LogP contribution in [0.25, 0.3) is 11.0 Å². The van der Waals surface area contributed by atoms with Crippen molar-refractivity contribution in [1.29, 1.82) is 0 Å². The first-order valence-electron chi connectivity index (χ1n) is 6.44. The van der Waals surface area contributed by atoms with Crippen molar-refractivity contribution in [3.05, 3.63) is 29.6 Å². The molecule has 4 heteroatoms. The lowest BCUT2D eigenvalue weighted by atomic mass is 9.75. The lowest BCUT2D eigenvalue weighted by molar-refractivity contribution is 0.306. The number of hydrogen-bond donors (Lipinski definition) is 1. The molecule has 1 saturated carbocycles. The van der Waals surface area contributed by atoms with Crippen LogP contribution in [-0.4, -0.2) is 9.97 Å². The van der Waals surface area contributed by atoms with Gasteiger partial charge in [0.15, 0.2) is 11.6 Å². The molecule has 0 bridgehead atoms. The molecule has 1 aromatic heterocycles. The van der Waals surface area contributed by atoms with Crippen LogP contribution in [0.1, 0.15) is 44.9 Å². The zero-order chi connectivity index (χ0) is 12.8. The number of halogens is 2. The minimum Gasteiger partial charge on any atom is -0.341 e. The van der Waals surface area contributed by atoms with E-state index in [4.69, 9.17) is 0 Å². The van der Waals surface area contributed by atoms with E-state index >= 15 is 0 Å². The molecule has 96 valence electrons. The first-order valence-corrected chi connectivity index (χ1v) is 6.44. The highest BCUT2D eigenvalue weighted by Crippen LogP contribution is 2.38.